The molecule has 9 heteroatoms. The summed E-state index contributed by atoms with van der Waals surface area (Å²) in [5, 5.41) is 6.24. The first kappa shape index (κ1) is 14.2. The molecule has 2 aromatic rings. The predicted molar refractivity (Wildman–Crippen MR) is 70.1 cm³/mol. The molecule has 0 saturated heterocycles. The average Bonchev–Trinajstić information content (AvgIpc) is 2.92. The van der Waals surface area contributed by atoms with Crippen molar-refractivity contribution in [2.45, 2.75) is 17.9 Å². The Morgan fingerprint density at radius 2 is 2.00 bits per heavy atom. The van der Waals surface area contributed by atoms with Gasteiger partial charge in [0.05, 0.1) is 10.9 Å². The number of primary amides is 1. The van der Waals surface area contributed by atoms with Crippen LogP contribution in [0, 0.1) is 0 Å². The number of rotatable bonds is 5. The highest BCUT2D eigenvalue weighted by Crippen LogP contribution is 2.14. The fourth-order valence-corrected chi connectivity index (χ4v) is 2.79. The first-order chi connectivity index (χ1) is 9.40. The number of amides is 1. The van der Waals surface area contributed by atoms with Gasteiger partial charge in [0.1, 0.15) is 12.2 Å². The lowest BCUT2D eigenvalue weighted by atomic mass is 10.2. The lowest BCUT2D eigenvalue weighted by Crippen LogP contribution is -2.27. The van der Waals surface area contributed by atoms with Crippen LogP contribution >= 0.6 is 0 Å². The molecule has 0 aliphatic rings. The van der Waals surface area contributed by atoms with E-state index in [4.69, 9.17) is 5.73 Å². The van der Waals surface area contributed by atoms with Crippen molar-refractivity contribution in [1.29, 1.82) is 0 Å². The molecule has 0 aliphatic heterocycles. The molecular weight excluding hydrogens is 282 g/mol. The number of carbonyl (C=O) groups is 1. The van der Waals surface area contributed by atoms with Crippen LogP contribution in [0.3, 0.4) is 0 Å². The van der Waals surface area contributed by atoms with E-state index < -0.39 is 22.0 Å². The van der Waals surface area contributed by atoms with E-state index in [9.17, 15) is 13.2 Å². The average molecular weight is 295 g/mol. The summed E-state index contributed by atoms with van der Waals surface area (Å²) < 4.78 is 26.7. The molecule has 8 nitrogen and oxygen atoms in total. The van der Waals surface area contributed by atoms with Crippen LogP contribution < -0.4 is 10.5 Å². The maximum Gasteiger partial charge on any atom is 0.248 e. The Labute approximate surface area is 115 Å². The van der Waals surface area contributed by atoms with Gasteiger partial charge in [-0.3, -0.25) is 9.89 Å². The zero-order valence-electron chi connectivity index (χ0n) is 10.6. The van der Waals surface area contributed by atoms with Gasteiger partial charge in [-0.1, -0.05) is 0 Å². The summed E-state index contributed by atoms with van der Waals surface area (Å²) in [5.41, 5.74) is 5.34. The van der Waals surface area contributed by atoms with E-state index in [0.717, 1.165) is 0 Å². The lowest BCUT2D eigenvalue weighted by Gasteiger charge is -2.11. The van der Waals surface area contributed by atoms with Crippen molar-refractivity contribution in [3.63, 3.8) is 0 Å². The number of aromatic nitrogens is 3. The molecule has 1 heterocycles. The molecule has 0 aliphatic carbocycles. The third-order valence-corrected chi connectivity index (χ3v) is 4.18. The van der Waals surface area contributed by atoms with E-state index in [1.165, 1.54) is 30.6 Å². The van der Waals surface area contributed by atoms with Crippen molar-refractivity contribution in [3.05, 3.63) is 42.0 Å². The van der Waals surface area contributed by atoms with Gasteiger partial charge in [-0.2, -0.15) is 5.10 Å². The van der Waals surface area contributed by atoms with E-state index in [1.54, 1.807) is 6.92 Å². The molecule has 1 amide bonds. The molecule has 1 unspecified atom stereocenters. The van der Waals surface area contributed by atoms with Gasteiger partial charge in [0.15, 0.2) is 0 Å². The molecular formula is C11H13N5O3S. The Morgan fingerprint density at radius 3 is 2.50 bits per heavy atom. The molecule has 0 fully saturated rings. The van der Waals surface area contributed by atoms with Gasteiger partial charge < -0.3 is 5.73 Å². The highest BCUT2D eigenvalue weighted by Gasteiger charge is 2.20. The minimum absolute atomic E-state index is 0.0360. The second-order valence-corrected chi connectivity index (χ2v) is 5.82. The minimum atomic E-state index is -3.72. The van der Waals surface area contributed by atoms with Gasteiger partial charge in [0.2, 0.25) is 15.9 Å². The number of aromatic amines is 1. The van der Waals surface area contributed by atoms with Crippen LogP contribution in [0.1, 0.15) is 29.1 Å². The van der Waals surface area contributed by atoms with Crippen molar-refractivity contribution in [2.24, 2.45) is 5.73 Å². The van der Waals surface area contributed by atoms with Crippen LogP contribution in [-0.2, 0) is 10.0 Å². The second kappa shape index (κ2) is 5.39. The van der Waals surface area contributed by atoms with E-state index in [2.05, 4.69) is 19.9 Å². The van der Waals surface area contributed by atoms with Crippen LogP contribution in [0.15, 0.2) is 35.5 Å². The van der Waals surface area contributed by atoms with Gasteiger partial charge in [-0.05, 0) is 31.2 Å². The molecule has 0 spiro atoms. The molecule has 2 rings (SSSR count). The summed E-state index contributed by atoms with van der Waals surface area (Å²) in [6, 6.07) is 4.79. The summed E-state index contributed by atoms with van der Waals surface area (Å²) in [7, 11) is -3.72. The Hall–Kier alpha value is -2.26. The number of benzene rings is 1. The first-order valence-corrected chi connectivity index (χ1v) is 7.16. The number of nitrogens with zero attached hydrogens (tertiary/aromatic N) is 2. The number of hydrogen-bond donors (Lipinski definition) is 3. The highest BCUT2D eigenvalue weighted by atomic mass is 32.2. The fourth-order valence-electron chi connectivity index (χ4n) is 1.58. The van der Waals surface area contributed by atoms with Crippen molar-refractivity contribution in [3.8, 4) is 0 Å². The number of hydrogen-bond acceptors (Lipinski definition) is 5. The Kier molecular flexibility index (Phi) is 3.81. The van der Waals surface area contributed by atoms with E-state index >= 15 is 0 Å². The Bertz CT molecular complexity index is 694. The predicted octanol–water partition coefficient (Wildman–Crippen LogP) is -0.0569. The number of sulfonamides is 1. The van der Waals surface area contributed by atoms with Crippen molar-refractivity contribution < 1.29 is 13.2 Å². The van der Waals surface area contributed by atoms with Gasteiger partial charge in [0, 0.05) is 5.56 Å². The molecule has 0 radical (unpaired) electrons. The summed E-state index contributed by atoms with van der Waals surface area (Å²) in [4.78, 5) is 14.8. The lowest BCUT2D eigenvalue weighted by molar-refractivity contribution is 0.1000. The molecule has 1 aromatic carbocycles. The first-order valence-electron chi connectivity index (χ1n) is 5.67. The van der Waals surface area contributed by atoms with Crippen LogP contribution in [0.2, 0.25) is 0 Å². The van der Waals surface area contributed by atoms with Crippen molar-refractivity contribution in [2.75, 3.05) is 0 Å². The molecule has 1 atom stereocenters. The third kappa shape index (κ3) is 3.00. The largest absolute Gasteiger partial charge is 0.366 e. The smallest absolute Gasteiger partial charge is 0.248 e. The molecule has 1 aromatic heterocycles. The van der Waals surface area contributed by atoms with E-state index in [-0.39, 0.29) is 10.5 Å². The number of H-pyrrole nitrogens is 1. The SMILES string of the molecule is CC(NS(=O)(=O)c1ccc(C(N)=O)cc1)c1ncn[nH]1. The maximum absolute atomic E-state index is 12.1. The van der Waals surface area contributed by atoms with Gasteiger partial charge in [-0.15, -0.1) is 0 Å². The van der Waals surface area contributed by atoms with Crippen LogP contribution in [0.5, 0.6) is 0 Å². The summed E-state index contributed by atoms with van der Waals surface area (Å²) in [6.45, 7) is 1.63. The molecule has 0 bridgehead atoms. The molecule has 0 saturated carbocycles. The third-order valence-electron chi connectivity index (χ3n) is 2.62. The number of nitrogens with two attached hydrogens (primary N) is 1. The Morgan fingerprint density at radius 1 is 1.35 bits per heavy atom. The molecule has 4 N–H and O–H groups in total. The van der Waals surface area contributed by atoms with Crippen LogP contribution in [-0.4, -0.2) is 29.5 Å². The van der Waals surface area contributed by atoms with Crippen LogP contribution in [0.4, 0.5) is 0 Å². The van der Waals surface area contributed by atoms with E-state index in [0.29, 0.717) is 5.82 Å². The zero-order valence-corrected chi connectivity index (χ0v) is 11.4. The topological polar surface area (TPSA) is 131 Å². The summed E-state index contributed by atoms with van der Waals surface area (Å²) >= 11 is 0. The van der Waals surface area contributed by atoms with Crippen molar-refractivity contribution >= 4 is 15.9 Å². The van der Waals surface area contributed by atoms with Crippen LogP contribution in [0.25, 0.3) is 0 Å². The fraction of sp³-hybridized carbons (Fsp3) is 0.182. The quantitative estimate of drug-likeness (QED) is 0.711. The monoisotopic (exact) mass is 295 g/mol. The summed E-state index contributed by atoms with van der Waals surface area (Å²) in [6.07, 6.45) is 1.29. The van der Waals surface area contributed by atoms with Gasteiger partial charge >= 0.3 is 0 Å². The highest BCUT2D eigenvalue weighted by molar-refractivity contribution is 7.89. The minimum Gasteiger partial charge on any atom is -0.366 e. The second-order valence-electron chi connectivity index (χ2n) is 4.10. The van der Waals surface area contributed by atoms with Gasteiger partial charge in [-0.25, -0.2) is 18.1 Å². The Balaban J connectivity index is 2.20. The maximum atomic E-state index is 12.1. The number of nitrogens with one attached hydrogen (secondary N) is 2. The van der Waals surface area contributed by atoms with Gasteiger partial charge in [0.25, 0.3) is 0 Å². The molecule has 106 valence electrons. The molecule has 20 heavy (non-hydrogen) atoms. The number of carbonyl (C=O) groups excluding carboxylic acids is 1. The normalized spacial score (nSPS) is 13.1. The van der Waals surface area contributed by atoms with E-state index in [1.807, 2.05) is 0 Å². The summed E-state index contributed by atoms with van der Waals surface area (Å²) in [5.74, 6) is -0.209. The standard InChI is InChI=1S/C11H13N5O3S/c1-7(11-13-6-14-15-11)16-20(18,19)9-4-2-8(3-5-9)10(12)17/h2-7,16H,1H3,(H2,12,17)(H,13,14,15). The zero-order chi connectivity index (χ0) is 14.8. The van der Waals surface area contributed by atoms with Crippen molar-refractivity contribution in [1.82, 2.24) is 19.9 Å².